The van der Waals surface area contributed by atoms with E-state index in [2.05, 4.69) is 18.4 Å². The predicted molar refractivity (Wildman–Crippen MR) is 78.6 cm³/mol. The van der Waals surface area contributed by atoms with E-state index in [4.69, 9.17) is 21.4 Å². The minimum Gasteiger partial charge on any atom is -0.545 e. The molecule has 1 atom stereocenters. The van der Waals surface area contributed by atoms with Crippen LogP contribution in [0, 0.1) is 0 Å². The molecule has 0 amide bonds. The Balaban J connectivity index is 0.000000261. The average Bonchev–Trinajstić information content (AvgIpc) is 2.67. The van der Waals surface area contributed by atoms with Gasteiger partial charge in [-0.25, -0.2) is 4.79 Å². The number of rotatable bonds is 3. The van der Waals surface area contributed by atoms with E-state index in [0.717, 1.165) is 23.8 Å². The summed E-state index contributed by atoms with van der Waals surface area (Å²) in [6.07, 6.45) is 3.23. The molecule has 22 heavy (non-hydrogen) atoms. The van der Waals surface area contributed by atoms with Crippen molar-refractivity contribution in [2.75, 3.05) is 13.7 Å². The van der Waals surface area contributed by atoms with Gasteiger partial charge in [-0.05, 0) is 30.7 Å². The highest BCUT2D eigenvalue weighted by Crippen LogP contribution is 2.31. The number of nitrogens with two attached hydrogens (primary N) is 1. The molecule has 120 valence electrons. The van der Waals surface area contributed by atoms with Gasteiger partial charge in [0.15, 0.2) is 0 Å². The number of halogens is 1. The molecule has 1 heterocycles. The second kappa shape index (κ2) is 9.07. The van der Waals surface area contributed by atoms with Gasteiger partial charge in [-0.3, -0.25) is 0 Å². The van der Waals surface area contributed by atoms with Crippen LogP contribution in [0.1, 0.15) is 24.4 Å². The first kappa shape index (κ1) is 18.0. The molecule has 6 nitrogen and oxygen atoms in total. The molecule has 0 bridgehead atoms. The van der Waals surface area contributed by atoms with Gasteiger partial charge in [0.25, 0.3) is 0 Å². The second-order valence-corrected chi connectivity index (χ2v) is 5.04. The van der Waals surface area contributed by atoms with Crippen LogP contribution < -0.4 is 15.2 Å². The summed E-state index contributed by atoms with van der Waals surface area (Å²) >= 11 is 5.93. The van der Waals surface area contributed by atoms with Gasteiger partial charge in [0.1, 0.15) is 11.8 Å². The SMILES string of the molecule is C[NH2+]C1CCCOc2cc(Cl)ccc21.O=C([O-])/C=C\C(=O)O. The van der Waals surface area contributed by atoms with Crippen molar-refractivity contribution < 1.29 is 29.9 Å². The van der Waals surface area contributed by atoms with Crippen LogP contribution in [-0.4, -0.2) is 30.7 Å². The van der Waals surface area contributed by atoms with Gasteiger partial charge in [0.05, 0.1) is 25.2 Å². The molecular formula is C15H18ClNO5. The number of benzene rings is 1. The van der Waals surface area contributed by atoms with E-state index < -0.39 is 11.9 Å². The van der Waals surface area contributed by atoms with Crippen LogP contribution in [0.15, 0.2) is 30.4 Å². The zero-order valence-corrected chi connectivity index (χ0v) is 12.9. The smallest absolute Gasteiger partial charge is 0.328 e. The fraction of sp³-hybridized carbons (Fsp3) is 0.333. The molecule has 7 heteroatoms. The highest BCUT2D eigenvalue weighted by molar-refractivity contribution is 6.30. The number of hydrogen-bond donors (Lipinski definition) is 2. The maximum atomic E-state index is 9.53. The quantitative estimate of drug-likeness (QED) is 0.768. The number of ether oxygens (including phenoxy) is 1. The third kappa shape index (κ3) is 6.15. The molecule has 1 aliphatic rings. The summed E-state index contributed by atoms with van der Waals surface area (Å²) in [6, 6.07) is 6.45. The van der Waals surface area contributed by atoms with Crippen LogP contribution >= 0.6 is 11.6 Å². The highest BCUT2D eigenvalue weighted by Gasteiger charge is 2.20. The summed E-state index contributed by atoms with van der Waals surface area (Å²) in [4.78, 5) is 19.0. The molecule has 0 aliphatic carbocycles. The normalized spacial score (nSPS) is 16.7. The molecule has 0 fully saturated rings. The third-order valence-corrected chi connectivity index (χ3v) is 3.29. The van der Waals surface area contributed by atoms with Crippen LogP contribution in [0.25, 0.3) is 0 Å². The number of aliphatic carboxylic acids is 2. The van der Waals surface area contributed by atoms with Crippen molar-refractivity contribution >= 4 is 23.5 Å². The van der Waals surface area contributed by atoms with E-state index in [0.29, 0.717) is 18.2 Å². The van der Waals surface area contributed by atoms with Gasteiger partial charge in [0, 0.05) is 17.5 Å². The lowest BCUT2D eigenvalue weighted by molar-refractivity contribution is -0.671. The molecule has 2 rings (SSSR count). The molecule has 0 saturated heterocycles. The molecule has 0 spiro atoms. The fourth-order valence-corrected chi connectivity index (χ4v) is 2.23. The number of hydrogen-bond acceptors (Lipinski definition) is 4. The lowest BCUT2D eigenvalue weighted by atomic mass is 10.0. The standard InChI is InChI=1S/C11H14ClNO.C4H4O4/c1-13-10-3-2-6-14-11-7-8(12)4-5-9(10)11;5-3(6)1-2-4(7)8/h4-5,7,10,13H,2-3,6H2,1H3;1-2H,(H,5,6)(H,7,8)/b;2-1-. The Morgan fingerprint density at radius 3 is 2.73 bits per heavy atom. The minimum atomic E-state index is -1.51. The fourth-order valence-electron chi connectivity index (χ4n) is 2.07. The van der Waals surface area contributed by atoms with Crippen molar-refractivity contribution in [1.82, 2.24) is 0 Å². The third-order valence-electron chi connectivity index (χ3n) is 3.06. The lowest BCUT2D eigenvalue weighted by Gasteiger charge is -2.12. The summed E-state index contributed by atoms with van der Waals surface area (Å²) in [5, 5.41) is 20.2. The first-order chi connectivity index (χ1) is 10.4. The van der Waals surface area contributed by atoms with Crippen molar-refractivity contribution in [3.63, 3.8) is 0 Å². The van der Waals surface area contributed by atoms with E-state index in [9.17, 15) is 14.7 Å². The van der Waals surface area contributed by atoms with Crippen LogP contribution in [0.2, 0.25) is 5.02 Å². The average molecular weight is 328 g/mol. The van der Waals surface area contributed by atoms with Gasteiger partial charge in [0.2, 0.25) is 0 Å². The molecule has 1 aliphatic heterocycles. The van der Waals surface area contributed by atoms with E-state index >= 15 is 0 Å². The van der Waals surface area contributed by atoms with E-state index in [-0.39, 0.29) is 0 Å². The second-order valence-electron chi connectivity index (χ2n) is 4.60. The summed E-state index contributed by atoms with van der Waals surface area (Å²) in [6.45, 7) is 0.803. The summed E-state index contributed by atoms with van der Waals surface area (Å²) < 4.78 is 5.66. The number of quaternary nitrogens is 1. The Morgan fingerprint density at radius 1 is 1.45 bits per heavy atom. The number of carbonyl (C=O) groups excluding carboxylic acids is 1. The van der Waals surface area contributed by atoms with Crippen LogP contribution in [-0.2, 0) is 9.59 Å². The molecule has 0 aromatic heterocycles. The minimum absolute atomic E-state index is 0.447. The summed E-state index contributed by atoms with van der Waals surface area (Å²) in [5.74, 6) is -1.85. The van der Waals surface area contributed by atoms with E-state index in [1.54, 1.807) is 0 Å². The van der Waals surface area contributed by atoms with Crippen LogP contribution in [0.5, 0.6) is 5.75 Å². The van der Waals surface area contributed by atoms with Gasteiger partial charge in [-0.2, -0.15) is 0 Å². The first-order valence-corrected chi connectivity index (χ1v) is 7.15. The maximum absolute atomic E-state index is 9.53. The van der Waals surface area contributed by atoms with Crippen molar-refractivity contribution in [2.45, 2.75) is 18.9 Å². The van der Waals surface area contributed by atoms with Crippen molar-refractivity contribution in [3.05, 3.63) is 40.9 Å². The Hall–Kier alpha value is -2.05. The monoisotopic (exact) mass is 327 g/mol. The summed E-state index contributed by atoms with van der Waals surface area (Å²) in [7, 11) is 2.11. The zero-order valence-electron chi connectivity index (χ0n) is 12.1. The van der Waals surface area contributed by atoms with Gasteiger partial charge in [-0.1, -0.05) is 11.6 Å². The van der Waals surface area contributed by atoms with Crippen molar-refractivity contribution in [1.29, 1.82) is 0 Å². The van der Waals surface area contributed by atoms with Crippen LogP contribution in [0.3, 0.4) is 0 Å². The molecule has 1 unspecified atom stereocenters. The number of carboxylic acid groups (broad SMARTS) is 2. The lowest BCUT2D eigenvalue weighted by Crippen LogP contribution is -2.80. The van der Waals surface area contributed by atoms with Gasteiger partial charge < -0.3 is 25.1 Å². The van der Waals surface area contributed by atoms with Gasteiger partial charge >= 0.3 is 5.97 Å². The number of carboxylic acids is 2. The van der Waals surface area contributed by atoms with E-state index in [1.165, 1.54) is 12.0 Å². The molecule has 3 N–H and O–H groups in total. The molecule has 0 saturated carbocycles. The largest absolute Gasteiger partial charge is 0.545 e. The predicted octanol–water partition coefficient (Wildman–Crippen LogP) is 0.124. The zero-order chi connectivity index (χ0) is 16.5. The highest BCUT2D eigenvalue weighted by atomic mass is 35.5. The Labute approximate surface area is 133 Å². The van der Waals surface area contributed by atoms with Crippen molar-refractivity contribution in [2.24, 2.45) is 0 Å². The molecule has 0 radical (unpaired) electrons. The van der Waals surface area contributed by atoms with Crippen molar-refractivity contribution in [3.8, 4) is 5.75 Å². The first-order valence-electron chi connectivity index (χ1n) is 6.77. The Morgan fingerprint density at radius 2 is 2.18 bits per heavy atom. The summed E-state index contributed by atoms with van der Waals surface area (Å²) in [5.41, 5.74) is 1.27. The molecule has 1 aromatic carbocycles. The Kier molecular flexibility index (Phi) is 7.42. The number of carbonyl (C=O) groups is 2. The van der Waals surface area contributed by atoms with E-state index in [1.807, 2.05) is 12.1 Å². The number of fused-ring (bicyclic) bond motifs is 1. The van der Waals surface area contributed by atoms with Crippen LogP contribution in [0.4, 0.5) is 0 Å². The Bertz CT molecular complexity index is 543. The molecule has 1 aromatic rings. The topological polar surface area (TPSA) is 103 Å². The molecular weight excluding hydrogens is 310 g/mol. The van der Waals surface area contributed by atoms with Gasteiger partial charge in [-0.15, -0.1) is 0 Å². The maximum Gasteiger partial charge on any atom is 0.328 e.